The number of thiophene rings is 1. The molecule has 0 fully saturated rings. The Kier molecular flexibility index (Phi) is 4.82. The quantitative estimate of drug-likeness (QED) is 0.404. The number of methoxy groups -OCH3 is 1. The zero-order chi connectivity index (χ0) is 18.1. The van der Waals surface area contributed by atoms with Crippen molar-refractivity contribution in [2.75, 3.05) is 18.6 Å². The Morgan fingerprint density at radius 1 is 1.23 bits per heavy atom. The summed E-state index contributed by atoms with van der Waals surface area (Å²) >= 11 is 3.05. The molecule has 0 amide bonds. The summed E-state index contributed by atoms with van der Waals surface area (Å²) in [5.74, 6) is 1.58. The van der Waals surface area contributed by atoms with Crippen LogP contribution in [-0.4, -0.2) is 28.6 Å². The number of aromatic nitrogens is 2. The molecule has 26 heavy (non-hydrogen) atoms. The Bertz CT molecular complexity index is 967. The van der Waals surface area contributed by atoms with Gasteiger partial charge in [-0.2, -0.15) is 0 Å². The maximum absolute atomic E-state index is 12.4. The van der Waals surface area contributed by atoms with Crippen LogP contribution in [0, 0.1) is 0 Å². The number of hydrogen-bond donors (Lipinski definition) is 1. The molecule has 0 radical (unpaired) electrons. The molecule has 0 saturated heterocycles. The van der Waals surface area contributed by atoms with E-state index < -0.39 is 0 Å². The van der Waals surface area contributed by atoms with Gasteiger partial charge in [-0.15, -0.1) is 11.3 Å². The average Bonchev–Trinajstić information content (AvgIpc) is 3.05. The van der Waals surface area contributed by atoms with E-state index in [0.717, 1.165) is 28.8 Å². The molecule has 5 nitrogen and oxygen atoms in total. The van der Waals surface area contributed by atoms with Crippen LogP contribution in [0.5, 0.6) is 5.75 Å². The van der Waals surface area contributed by atoms with E-state index in [4.69, 9.17) is 10.5 Å². The van der Waals surface area contributed by atoms with Crippen molar-refractivity contribution in [1.29, 1.82) is 0 Å². The van der Waals surface area contributed by atoms with Crippen LogP contribution in [0.2, 0.25) is 0 Å². The van der Waals surface area contributed by atoms with Crippen molar-refractivity contribution >= 4 is 44.9 Å². The van der Waals surface area contributed by atoms with E-state index in [1.807, 2.05) is 0 Å². The molecule has 1 aromatic carbocycles. The molecule has 134 valence electrons. The minimum Gasteiger partial charge on any atom is -0.497 e. The van der Waals surface area contributed by atoms with Gasteiger partial charge in [-0.25, -0.2) is 9.97 Å². The number of ketones is 1. The molecule has 4 rings (SSSR count). The second kappa shape index (κ2) is 7.25. The number of carbonyl (C=O) groups excluding carboxylic acids is 1. The highest BCUT2D eigenvalue weighted by Gasteiger charge is 2.20. The first-order chi connectivity index (χ1) is 12.7. The van der Waals surface area contributed by atoms with E-state index in [1.54, 1.807) is 42.7 Å². The number of thioether (sulfide) groups is 1. The molecular weight excluding hydrogens is 366 g/mol. The maximum Gasteiger partial charge on any atom is 0.191 e. The van der Waals surface area contributed by atoms with Crippen LogP contribution in [0.4, 0.5) is 5.82 Å². The molecule has 0 bridgehead atoms. The largest absolute Gasteiger partial charge is 0.497 e. The van der Waals surface area contributed by atoms with Crippen molar-refractivity contribution < 1.29 is 9.53 Å². The third-order valence-corrected chi connectivity index (χ3v) is 6.60. The fraction of sp³-hybridized carbons (Fsp3) is 0.316. The summed E-state index contributed by atoms with van der Waals surface area (Å²) in [7, 11) is 1.60. The van der Waals surface area contributed by atoms with Crippen molar-refractivity contribution in [2.45, 2.75) is 30.8 Å². The number of anilines is 1. The molecule has 7 heteroatoms. The standard InChI is InChI=1S/C19H19N3O2S2/c1-24-12-8-6-11(7-9-12)14(23)10-25-19-21-17(20)16-13-4-2-3-5-15(13)26-18(16)22-19/h6-9H,2-5,10H2,1H3,(H2,20,21,22). The zero-order valence-electron chi connectivity index (χ0n) is 14.4. The van der Waals surface area contributed by atoms with Gasteiger partial charge >= 0.3 is 0 Å². The van der Waals surface area contributed by atoms with Crippen molar-refractivity contribution in [3.05, 3.63) is 40.3 Å². The number of rotatable bonds is 5. The number of ether oxygens (including phenoxy) is 1. The van der Waals surface area contributed by atoms with E-state index in [0.29, 0.717) is 16.5 Å². The second-order valence-corrected chi connectivity index (χ2v) is 8.25. The molecule has 0 atom stereocenters. The molecule has 0 aliphatic heterocycles. The van der Waals surface area contributed by atoms with Gasteiger partial charge in [0.1, 0.15) is 16.4 Å². The van der Waals surface area contributed by atoms with Gasteiger partial charge < -0.3 is 10.5 Å². The highest BCUT2D eigenvalue weighted by atomic mass is 32.2. The third-order valence-electron chi connectivity index (χ3n) is 4.57. The summed E-state index contributed by atoms with van der Waals surface area (Å²) < 4.78 is 5.12. The smallest absolute Gasteiger partial charge is 0.191 e. The van der Waals surface area contributed by atoms with Gasteiger partial charge in [0.05, 0.1) is 18.2 Å². The molecule has 2 aromatic heterocycles. The van der Waals surface area contributed by atoms with Crippen molar-refractivity contribution in [1.82, 2.24) is 9.97 Å². The summed E-state index contributed by atoms with van der Waals surface area (Å²) in [6, 6.07) is 7.12. The topological polar surface area (TPSA) is 78.1 Å². The van der Waals surface area contributed by atoms with E-state index in [9.17, 15) is 4.79 Å². The minimum atomic E-state index is 0.0328. The van der Waals surface area contributed by atoms with E-state index in [1.165, 1.54) is 35.0 Å². The average molecular weight is 386 g/mol. The predicted octanol–water partition coefficient (Wildman–Crippen LogP) is 4.14. The van der Waals surface area contributed by atoms with Crippen LogP contribution in [-0.2, 0) is 12.8 Å². The highest BCUT2D eigenvalue weighted by molar-refractivity contribution is 7.99. The van der Waals surface area contributed by atoms with Crippen molar-refractivity contribution in [2.24, 2.45) is 0 Å². The van der Waals surface area contributed by atoms with Gasteiger partial charge in [0, 0.05) is 10.4 Å². The maximum atomic E-state index is 12.4. The molecule has 2 heterocycles. The Balaban J connectivity index is 1.52. The number of aryl methyl sites for hydroxylation is 2. The van der Waals surface area contributed by atoms with E-state index in [2.05, 4.69) is 9.97 Å². The Hall–Kier alpha value is -2.12. The summed E-state index contributed by atoms with van der Waals surface area (Å²) in [6.45, 7) is 0. The van der Waals surface area contributed by atoms with Crippen LogP contribution in [0.3, 0.4) is 0 Å². The predicted molar refractivity (Wildman–Crippen MR) is 107 cm³/mol. The molecule has 1 aliphatic rings. The molecular formula is C19H19N3O2S2. The normalized spacial score (nSPS) is 13.6. The number of hydrogen-bond acceptors (Lipinski definition) is 7. The summed E-state index contributed by atoms with van der Waals surface area (Å²) in [5, 5.41) is 1.59. The molecule has 0 spiro atoms. The van der Waals surface area contributed by atoms with Crippen LogP contribution in [0.25, 0.3) is 10.2 Å². The first-order valence-electron chi connectivity index (χ1n) is 8.53. The number of Topliss-reactive ketones (excluding diaryl/α,β-unsaturated/α-hetero) is 1. The lowest BCUT2D eigenvalue weighted by molar-refractivity contribution is 0.102. The zero-order valence-corrected chi connectivity index (χ0v) is 16.1. The number of nitrogen functional groups attached to an aromatic ring is 1. The molecule has 3 aromatic rings. The fourth-order valence-electron chi connectivity index (χ4n) is 3.22. The van der Waals surface area contributed by atoms with Crippen molar-refractivity contribution in [3.63, 3.8) is 0 Å². The lowest BCUT2D eigenvalue weighted by atomic mass is 9.97. The van der Waals surface area contributed by atoms with Gasteiger partial charge in [-0.1, -0.05) is 11.8 Å². The Morgan fingerprint density at radius 3 is 2.77 bits per heavy atom. The third kappa shape index (κ3) is 3.29. The Morgan fingerprint density at radius 2 is 2.00 bits per heavy atom. The monoisotopic (exact) mass is 385 g/mol. The van der Waals surface area contributed by atoms with E-state index in [-0.39, 0.29) is 11.5 Å². The first-order valence-corrected chi connectivity index (χ1v) is 10.3. The lowest BCUT2D eigenvalue weighted by Gasteiger charge is -2.10. The van der Waals surface area contributed by atoms with Crippen LogP contribution >= 0.6 is 23.1 Å². The number of benzene rings is 1. The van der Waals surface area contributed by atoms with Gasteiger partial charge in [-0.05, 0) is 55.5 Å². The SMILES string of the molecule is COc1ccc(C(=O)CSc2nc(N)c3c4c(sc3n2)CCCC4)cc1. The highest BCUT2D eigenvalue weighted by Crippen LogP contribution is 2.38. The molecule has 0 saturated carbocycles. The van der Waals surface area contributed by atoms with E-state index >= 15 is 0 Å². The van der Waals surface area contributed by atoms with Crippen molar-refractivity contribution in [3.8, 4) is 5.75 Å². The summed E-state index contributed by atoms with van der Waals surface area (Å²) in [4.78, 5) is 23.8. The van der Waals surface area contributed by atoms with Crippen LogP contribution in [0.1, 0.15) is 33.6 Å². The number of nitrogens with zero attached hydrogens (tertiary/aromatic N) is 2. The number of carbonyl (C=O) groups is 1. The van der Waals surface area contributed by atoms with Gasteiger partial charge in [-0.3, -0.25) is 4.79 Å². The number of fused-ring (bicyclic) bond motifs is 3. The second-order valence-electron chi connectivity index (χ2n) is 6.22. The molecule has 0 unspecified atom stereocenters. The Labute approximate surface area is 160 Å². The fourth-order valence-corrected chi connectivity index (χ4v) is 5.29. The summed E-state index contributed by atoms with van der Waals surface area (Å²) in [5.41, 5.74) is 8.20. The first kappa shape index (κ1) is 17.3. The molecule has 2 N–H and O–H groups in total. The van der Waals surface area contributed by atoms with Crippen LogP contribution in [0.15, 0.2) is 29.4 Å². The number of nitrogens with two attached hydrogens (primary N) is 1. The van der Waals surface area contributed by atoms with Gasteiger partial charge in [0.15, 0.2) is 10.9 Å². The van der Waals surface area contributed by atoms with Crippen LogP contribution < -0.4 is 10.5 Å². The molecule has 1 aliphatic carbocycles. The van der Waals surface area contributed by atoms with Gasteiger partial charge in [0.2, 0.25) is 0 Å². The lowest BCUT2D eigenvalue weighted by Crippen LogP contribution is -2.04. The summed E-state index contributed by atoms with van der Waals surface area (Å²) in [6.07, 6.45) is 4.59. The minimum absolute atomic E-state index is 0.0328. The van der Waals surface area contributed by atoms with Gasteiger partial charge in [0.25, 0.3) is 0 Å².